The number of methoxy groups -OCH3 is 1. The summed E-state index contributed by atoms with van der Waals surface area (Å²) in [5.74, 6) is -0.520. The van der Waals surface area contributed by atoms with E-state index in [1.165, 1.54) is 7.11 Å². The second-order valence-corrected chi connectivity index (χ2v) is 6.10. The van der Waals surface area contributed by atoms with Gasteiger partial charge in [0, 0.05) is 23.1 Å². The normalized spacial score (nSPS) is 10.1. The fraction of sp³-hybridized carbons (Fsp3) is 0.222. The third kappa shape index (κ3) is 4.83. The lowest BCUT2D eigenvalue weighted by molar-refractivity contribution is -0.115. The Hall–Kier alpha value is -2.34. The Morgan fingerprint density at radius 1 is 1.12 bits per heavy atom. The summed E-state index contributed by atoms with van der Waals surface area (Å²) in [4.78, 5) is 23.7. The Kier molecular flexibility index (Phi) is 6.37. The minimum Gasteiger partial charge on any atom is -0.465 e. The summed E-state index contributed by atoms with van der Waals surface area (Å²) < 4.78 is 5.59. The minimum atomic E-state index is -0.411. The molecule has 0 saturated heterocycles. The average Bonchev–Trinajstić information content (AvgIpc) is 2.57. The number of carbonyl (C=O) groups is 2. The van der Waals surface area contributed by atoms with Gasteiger partial charge >= 0.3 is 5.97 Å². The number of amides is 1. The van der Waals surface area contributed by atoms with Crippen LogP contribution in [0.1, 0.15) is 22.3 Å². The molecule has 0 spiro atoms. The third-order valence-electron chi connectivity index (χ3n) is 3.40. The summed E-state index contributed by atoms with van der Waals surface area (Å²) in [5, 5.41) is 5.95. The molecule has 2 N–H and O–H groups in total. The van der Waals surface area contributed by atoms with Gasteiger partial charge in [0.05, 0.1) is 18.4 Å². The van der Waals surface area contributed by atoms with Crippen LogP contribution in [0.25, 0.3) is 0 Å². The predicted molar refractivity (Wildman–Crippen MR) is 98.4 cm³/mol. The summed E-state index contributed by atoms with van der Waals surface area (Å²) in [5.41, 5.74) is 2.94. The molecular formula is C18H19BrN2O3. The van der Waals surface area contributed by atoms with Crippen molar-refractivity contribution in [2.75, 3.05) is 24.3 Å². The molecule has 6 heteroatoms. The molecule has 2 aromatic carbocycles. The standard InChI is InChI=1S/C18H19BrN2O3/c1-12-7-8-16(14(19)11-12)21-17(22)9-10-20-15-6-4-3-5-13(15)18(23)24-2/h3-8,11,20H,9-10H2,1-2H3,(H,21,22). The van der Waals surface area contributed by atoms with Crippen molar-refractivity contribution in [1.29, 1.82) is 0 Å². The molecule has 2 rings (SSSR count). The number of esters is 1. The van der Waals surface area contributed by atoms with E-state index in [1.54, 1.807) is 18.2 Å². The van der Waals surface area contributed by atoms with Gasteiger partial charge in [-0.3, -0.25) is 4.79 Å². The molecule has 0 heterocycles. The molecule has 0 unspecified atom stereocenters. The lowest BCUT2D eigenvalue weighted by atomic mass is 10.1. The summed E-state index contributed by atoms with van der Waals surface area (Å²) in [7, 11) is 1.34. The zero-order chi connectivity index (χ0) is 17.5. The summed E-state index contributed by atoms with van der Waals surface area (Å²) >= 11 is 3.43. The number of benzene rings is 2. The number of para-hydroxylation sites is 1. The lowest BCUT2D eigenvalue weighted by Crippen LogP contribution is -2.17. The first kappa shape index (κ1) is 18.0. The van der Waals surface area contributed by atoms with E-state index in [2.05, 4.69) is 26.6 Å². The molecule has 5 nitrogen and oxygen atoms in total. The van der Waals surface area contributed by atoms with Crippen LogP contribution in [0.2, 0.25) is 0 Å². The zero-order valence-electron chi connectivity index (χ0n) is 13.6. The smallest absolute Gasteiger partial charge is 0.339 e. The maximum absolute atomic E-state index is 12.1. The van der Waals surface area contributed by atoms with Crippen LogP contribution in [0.5, 0.6) is 0 Å². The van der Waals surface area contributed by atoms with E-state index < -0.39 is 5.97 Å². The molecule has 126 valence electrons. The Balaban J connectivity index is 1.90. The van der Waals surface area contributed by atoms with Crippen molar-refractivity contribution < 1.29 is 14.3 Å². The van der Waals surface area contributed by atoms with Gasteiger partial charge < -0.3 is 15.4 Å². The van der Waals surface area contributed by atoms with Gasteiger partial charge in [-0.05, 0) is 52.7 Å². The van der Waals surface area contributed by atoms with Gasteiger partial charge in [-0.2, -0.15) is 0 Å². The fourth-order valence-electron chi connectivity index (χ4n) is 2.17. The second kappa shape index (κ2) is 8.49. The van der Waals surface area contributed by atoms with Gasteiger partial charge in [-0.25, -0.2) is 4.79 Å². The SMILES string of the molecule is COC(=O)c1ccccc1NCCC(=O)Nc1ccc(C)cc1Br. The molecule has 0 aliphatic heterocycles. The molecule has 0 bridgehead atoms. The van der Waals surface area contributed by atoms with Crippen LogP contribution in [0, 0.1) is 6.92 Å². The summed E-state index contributed by atoms with van der Waals surface area (Å²) in [6.45, 7) is 2.39. The number of nitrogens with one attached hydrogen (secondary N) is 2. The molecule has 1 amide bonds. The van der Waals surface area contributed by atoms with E-state index >= 15 is 0 Å². The largest absolute Gasteiger partial charge is 0.465 e. The van der Waals surface area contributed by atoms with Gasteiger partial charge in [0.2, 0.25) is 5.91 Å². The first-order chi connectivity index (χ1) is 11.5. The zero-order valence-corrected chi connectivity index (χ0v) is 15.1. The van der Waals surface area contributed by atoms with Gasteiger partial charge in [0.15, 0.2) is 0 Å². The van der Waals surface area contributed by atoms with Crippen molar-refractivity contribution >= 4 is 39.2 Å². The van der Waals surface area contributed by atoms with Crippen LogP contribution in [0.15, 0.2) is 46.9 Å². The highest BCUT2D eigenvalue weighted by Crippen LogP contribution is 2.23. The highest BCUT2D eigenvalue weighted by molar-refractivity contribution is 9.10. The van der Waals surface area contributed by atoms with Gasteiger partial charge in [-0.1, -0.05) is 18.2 Å². The van der Waals surface area contributed by atoms with Crippen molar-refractivity contribution in [2.45, 2.75) is 13.3 Å². The van der Waals surface area contributed by atoms with E-state index in [0.29, 0.717) is 17.8 Å². The minimum absolute atomic E-state index is 0.109. The number of hydrogen-bond acceptors (Lipinski definition) is 4. The number of hydrogen-bond donors (Lipinski definition) is 2. The van der Waals surface area contributed by atoms with E-state index in [1.807, 2.05) is 31.2 Å². The van der Waals surface area contributed by atoms with E-state index in [0.717, 1.165) is 15.7 Å². The summed E-state index contributed by atoms with van der Waals surface area (Å²) in [6.07, 6.45) is 0.274. The number of halogens is 1. The molecule has 0 aromatic heterocycles. The van der Waals surface area contributed by atoms with Crippen LogP contribution in [0.3, 0.4) is 0 Å². The van der Waals surface area contributed by atoms with Crippen LogP contribution in [-0.4, -0.2) is 25.5 Å². The van der Waals surface area contributed by atoms with Crippen molar-refractivity contribution in [3.63, 3.8) is 0 Å². The molecule has 0 saturated carbocycles. The molecule has 0 aliphatic carbocycles. The third-order valence-corrected chi connectivity index (χ3v) is 4.05. The maximum atomic E-state index is 12.1. The summed E-state index contributed by atoms with van der Waals surface area (Å²) in [6, 6.07) is 12.8. The van der Waals surface area contributed by atoms with Crippen LogP contribution in [0.4, 0.5) is 11.4 Å². The highest BCUT2D eigenvalue weighted by Gasteiger charge is 2.11. The van der Waals surface area contributed by atoms with E-state index in [4.69, 9.17) is 4.74 Å². The van der Waals surface area contributed by atoms with Crippen LogP contribution in [-0.2, 0) is 9.53 Å². The van der Waals surface area contributed by atoms with Crippen molar-refractivity contribution in [2.24, 2.45) is 0 Å². The van der Waals surface area contributed by atoms with Crippen molar-refractivity contribution in [3.05, 3.63) is 58.1 Å². The molecule has 0 radical (unpaired) electrons. The first-order valence-electron chi connectivity index (χ1n) is 7.48. The van der Waals surface area contributed by atoms with Crippen LogP contribution < -0.4 is 10.6 Å². The second-order valence-electron chi connectivity index (χ2n) is 5.25. The van der Waals surface area contributed by atoms with Crippen molar-refractivity contribution in [1.82, 2.24) is 0 Å². The average molecular weight is 391 g/mol. The monoisotopic (exact) mass is 390 g/mol. The van der Waals surface area contributed by atoms with Gasteiger partial charge in [-0.15, -0.1) is 0 Å². The number of carbonyl (C=O) groups excluding carboxylic acids is 2. The topological polar surface area (TPSA) is 67.4 Å². The number of rotatable bonds is 6. The molecular weight excluding hydrogens is 372 g/mol. The fourth-order valence-corrected chi connectivity index (χ4v) is 2.76. The molecule has 2 aromatic rings. The maximum Gasteiger partial charge on any atom is 0.339 e. The molecule has 0 fully saturated rings. The molecule has 0 aliphatic rings. The quantitative estimate of drug-likeness (QED) is 0.731. The number of anilines is 2. The Labute approximate surface area is 149 Å². The first-order valence-corrected chi connectivity index (χ1v) is 8.28. The Morgan fingerprint density at radius 2 is 1.88 bits per heavy atom. The van der Waals surface area contributed by atoms with E-state index in [-0.39, 0.29) is 12.3 Å². The lowest BCUT2D eigenvalue weighted by Gasteiger charge is -2.11. The number of ether oxygens (including phenoxy) is 1. The predicted octanol–water partition coefficient (Wildman–Crippen LogP) is 3.98. The number of aryl methyl sites for hydroxylation is 1. The highest BCUT2D eigenvalue weighted by atomic mass is 79.9. The molecule has 24 heavy (non-hydrogen) atoms. The van der Waals surface area contributed by atoms with E-state index in [9.17, 15) is 9.59 Å². The van der Waals surface area contributed by atoms with Crippen molar-refractivity contribution in [3.8, 4) is 0 Å². The van der Waals surface area contributed by atoms with Gasteiger partial charge in [0.25, 0.3) is 0 Å². The Morgan fingerprint density at radius 3 is 2.58 bits per heavy atom. The van der Waals surface area contributed by atoms with Gasteiger partial charge in [0.1, 0.15) is 0 Å². The Bertz CT molecular complexity index is 747. The molecule has 0 atom stereocenters. The van der Waals surface area contributed by atoms with Crippen LogP contribution >= 0.6 is 15.9 Å².